The number of ether oxygens (including phenoxy) is 4. The van der Waals surface area contributed by atoms with Crippen molar-refractivity contribution in [2.24, 2.45) is 5.10 Å². The fourth-order valence-electron chi connectivity index (χ4n) is 4.51. The topological polar surface area (TPSA) is 137 Å². The Morgan fingerprint density at radius 3 is 2.60 bits per heavy atom. The molecule has 3 aromatic carbocycles. The number of nitrogens with zero attached hydrogens (tertiary/aromatic N) is 1. The van der Waals surface area contributed by atoms with Crippen LogP contribution in [0.2, 0.25) is 0 Å². The van der Waals surface area contributed by atoms with Crippen LogP contribution in [0.3, 0.4) is 0 Å². The summed E-state index contributed by atoms with van der Waals surface area (Å²) in [5, 5.41) is 9.38. The first kappa shape index (κ1) is 33.8. The lowest BCUT2D eigenvalue weighted by atomic mass is 9.95. The van der Waals surface area contributed by atoms with Crippen molar-refractivity contribution in [2.75, 3.05) is 20.3 Å². The SMILES string of the molecule is CCOC(=O)C1=C(C)NC(=O)N[C@@H]1c1ccc(OCC(=O)N/N=C\c2cc(Br)c(OCc3cccc(C)c3)c(I)c2)c(OC)c1. The Kier molecular flexibility index (Phi) is 11.8. The molecule has 3 aromatic rings. The fourth-order valence-corrected chi connectivity index (χ4v) is 6.28. The molecular formula is C32H32BrIN4O7. The molecule has 4 rings (SSSR count). The molecule has 1 heterocycles. The second-order valence-electron chi connectivity index (χ2n) is 9.87. The van der Waals surface area contributed by atoms with Crippen molar-refractivity contribution in [2.45, 2.75) is 33.4 Å². The second-order valence-corrected chi connectivity index (χ2v) is 11.9. The summed E-state index contributed by atoms with van der Waals surface area (Å²) in [5.41, 5.74) is 6.68. The van der Waals surface area contributed by atoms with Crippen LogP contribution in [0.25, 0.3) is 0 Å². The number of carbonyl (C=O) groups is 3. The smallest absolute Gasteiger partial charge is 0.338 e. The Morgan fingerprint density at radius 2 is 1.89 bits per heavy atom. The Labute approximate surface area is 283 Å². The lowest BCUT2D eigenvalue weighted by Crippen LogP contribution is -2.45. The molecule has 0 aliphatic carbocycles. The molecule has 1 atom stereocenters. The number of hydrogen-bond acceptors (Lipinski definition) is 8. The summed E-state index contributed by atoms with van der Waals surface area (Å²) < 4.78 is 24.0. The molecule has 236 valence electrons. The molecule has 0 unspecified atom stereocenters. The van der Waals surface area contributed by atoms with Crippen LogP contribution < -0.4 is 30.3 Å². The molecule has 11 nitrogen and oxygen atoms in total. The lowest BCUT2D eigenvalue weighted by molar-refractivity contribution is -0.139. The van der Waals surface area contributed by atoms with E-state index in [1.807, 2.05) is 37.3 Å². The van der Waals surface area contributed by atoms with E-state index in [0.717, 1.165) is 24.9 Å². The molecule has 45 heavy (non-hydrogen) atoms. The normalized spacial score (nSPS) is 14.4. The van der Waals surface area contributed by atoms with E-state index in [0.29, 0.717) is 29.4 Å². The molecule has 1 aliphatic heterocycles. The van der Waals surface area contributed by atoms with Crippen molar-refractivity contribution in [1.82, 2.24) is 16.1 Å². The highest BCUT2D eigenvalue weighted by Gasteiger charge is 2.32. The fraction of sp³-hybridized carbons (Fsp3) is 0.250. The van der Waals surface area contributed by atoms with Gasteiger partial charge in [-0.15, -0.1) is 0 Å². The number of nitrogens with one attached hydrogen (secondary N) is 3. The van der Waals surface area contributed by atoms with Gasteiger partial charge < -0.3 is 29.6 Å². The van der Waals surface area contributed by atoms with Crippen molar-refractivity contribution in [3.05, 3.63) is 96.2 Å². The van der Waals surface area contributed by atoms with E-state index in [2.05, 4.69) is 65.7 Å². The number of urea groups is 1. The third kappa shape index (κ3) is 8.97. The maximum absolute atomic E-state index is 12.6. The van der Waals surface area contributed by atoms with Crippen LogP contribution in [-0.2, 0) is 20.9 Å². The van der Waals surface area contributed by atoms with E-state index in [9.17, 15) is 14.4 Å². The van der Waals surface area contributed by atoms with Gasteiger partial charge in [0.05, 0.1) is 39.6 Å². The minimum absolute atomic E-state index is 0.186. The Balaban J connectivity index is 1.36. The molecular weight excluding hydrogens is 759 g/mol. The number of aryl methyl sites for hydroxylation is 1. The van der Waals surface area contributed by atoms with Gasteiger partial charge in [0, 0.05) is 5.70 Å². The molecule has 0 bridgehead atoms. The van der Waals surface area contributed by atoms with Crippen LogP contribution in [0.1, 0.15) is 42.1 Å². The van der Waals surface area contributed by atoms with E-state index < -0.39 is 23.9 Å². The van der Waals surface area contributed by atoms with Crippen LogP contribution in [0.5, 0.6) is 17.2 Å². The first-order valence-electron chi connectivity index (χ1n) is 13.8. The molecule has 0 aromatic heterocycles. The average Bonchev–Trinajstić information content (AvgIpc) is 2.99. The number of esters is 1. The molecule has 1 aliphatic rings. The zero-order valence-electron chi connectivity index (χ0n) is 25.0. The third-order valence-electron chi connectivity index (χ3n) is 6.53. The van der Waals surface area contributed by atoms with Crippen LogP contribution in [-0.4, -0.2) is 44.4 Å². The van der Waals surface area contributed by atoms with E-state index in [1.54, 1.807) is 32.0 Å². The minimum Gasteiger partial charge on any atom is -0.493 e. The monoisotopic (exact) mass is 790 g/mol. The zero-order chi connectivity index (χ0) is 32.5. The largest absolute Gasteiger partial charge is 0.493 e. The molecule has 0 saturated heterocycles. The van der Waals surface area contributed by atoms with E-state index in [1.165, 1.54) is 18.9 Å². The van der Waals surface area contributed by atoms with Gasteiger partial charge in [0.15, 0.2) is 18.1 Å². The third-order valence-corrected chi connectivity index (χ3v) is 7.92. The number of hydrazone groups is 1. The summed E-state index contributed by atoms with van der Waals surface area (Å²) in [7, 11) is 1.45. The van der Waals surface area contributed by atoms with E-state index >= 15 is 0 Å². The zero-order valence-corrected chi connectivity index (χ0v) is 28.8. The molecule has 3 amide bonds. The van der Waals surface area contributed by atoms with Gasteiger partial charge in [0.25, 0.3) is 5.91 Å². The molecule has 0 spiro atoms. The van der Waals surface area contributed by atoms with Crippen LogP contribution in [0.15, 0.2) is 75.4 Å². The highest BCUT2D eigenvalue weighted by atomic mass is 127. The summed E-state index contributed by atoms with van der Waals surface area (Å²) in [4.78, 5) is 37.3. The van der Waals surface area contributed by atoms with E-state index in [4.69, 9.17) is 18.9 Å². The quantitative estimate of drug-likeness (QED) is 0.0932. The van der Waals surface area contributed by atoms with Gasteiger partial charge in [0.1, 0.15) is 12.4 Å². The van der Waals surface area contributed by atoms with Gasteiger partial charge in [-0.25, -0.2) is 15.0 Å². The number of hydrogen-bond donors (Lipinski definition) is 3. The summed E-state index contributed by atoms with van der Waals surface area (Å²) >= 11 is 5.76. The number of amides is 3. The van der Waals surface area contributed by atoms with Crippen LogP contribution in [0, 0.1) is 10.5 Å². The standard InChI is InChI=1S/C32H32BrIN4O7/c1-5-43-31(40)28-19(3)36-32(41)37-29(28)22-9-10-25(26(14-22)42-4)44-17-27(39)38-35-15-21-12-23(33)30(24(34)13-21)45-16-20-8-6-7-18(2)11-20/h6-15,29H,5,16-17H2,1-4H3,(H,38,39)(H2,36,37,41)/b35-15-/t29-/m1/s1. The Bertz CT molecular complexity index is 1640. The van der Waals surface area contributed by atoms with Crippen LogP contribution >= 0.6 is 38.5 Å². The molecule has 13 heteroatoms. The average molecular weight is 791 g/mol. The minimum atomic E-state index is -0.768. The molecule has 3 N–H and O–H groups in total. The number of benzene rings is 3. The summed E-state index contributed by atoms with van der Waals surface area (Å²) in [6.07, 6.45) is 1.52. The number of halogens is 2. The number of methoxy groups -OCH3 is 1. The Hall–Kier alpha value is -4.11. The number of rotatable bonds is 12. The predicted molar refractivity (Wildman–Crippen MR) is 180 cm³/mol. The van der Waals surface area contributed by atoms with Gasteiger partial charge >= 0.3 is 12.0 Å². The van der Waals surface area contributed by atoms with Gasteiger partial charge in [-0.05, 0) is 100 Å². The molecule has 0 radical (unpaired) electrons. The Morgan fingerprint density at radius 1 is 1.09 bits per heavy atom. The van der Waals surface area contributed by atoms with Crippen molar-refractivity contribution >= 4 is 62.6 Å². The number of allylic oxidation sites excluding steroid dienone is 1. The summed E-state index contributed by atoms with van der Waals surface area (Å²) in [5.74, 6) is 0.282. The summed E-state index contributed by atoms with van der Waals surface area (Å²) in [6.45, 7) is 5.66. The lowest BCUT2D eigenvalue weighted by Gasteiger charge is -2.28. The maximum atomic E-state index is 12.6. The highest BCUT2D eigenvalue weighted by molar-refractivity contribution is 14.1. The summed E-state index contributed by atoms with van der Waals surface area (Å²) in [6, 6.07) is 15.6. The first-order chi connectivity index (χ1) is 21.6. The molecule has 0 saturated carbocycles. The second kappa shape index (κ2) is 15.8. The van der Waals surface area contributed by atoms with Crippen LogP contribution in [0.4, 0.5) is 4.79 Å². The predicted octanol–water partition coefficient (Wildman–Crippen LogP) is 5.67. The first-order valence-corrected chi connectivity index (χ1v) is 15.7. The van der Waals surface area contributed by atoms with Crippen molar-refractivity contribution in [1.29, 1.82) is 0 Å². The molecule has 0 fully saturated rings. The van der Waals surface area contributed by atoms with E-state index in [-0.39, 0.29) is 18.8 Å². The number of carbonyl (C=O) groups excluding carboxylic acids is 3. The highest BCUT2D eigenvalue weighted by Crippen LogP contribution is 2.35. The van der Waals surface area contributed by atoms with Crippen molar-refractivity contribution in [3.8, 4) is 17.2 Å². The van der Waals surface area contributed by atoms with Crippen molar-refractivity contribution in [3.63, 3.8) is 0 Å². The van der Waals surface area contributed by atoms with Gasteiger partial charge in [0.2, 0.25) is 0 Å². The maximum Gasteiger partial charge on any atom is 0.338 e. The van der Waals surface area contributed by atoms with Gasteiger partial charge in [-0.3, -0.25) is 4.79 Å². The van der Waals surface area contributed by atoms with Gasteiger partial charge in [-0.1, -0.05) is 35.9 Å². The van der Waals surface area contributed by atoms with Gasteiger partial charge in [-0.2, -0.15) is 5.10 Å². The van der Waals surface area contributed by atoms with Crippen molar-refractivity contribution < 1.29 is 33.3 Å².